The molecular weight excluding hydrogens is 1420 g/mol. The molecular formula is C77H82AlBFN11O14P2. The molecule has 107 heavy (non-hydrogen) atoms. The summed E-state index contributed by atoms with van der Waals surface area (Å²) in [5, 5.41) is 21.5. The van der Waals surface area contributed by atoms with Crippen molar-refractivity contribution in [3.63, 3.8) is 0 Å². The monoisotopic (exact) mass is 1500 g/mol. The van der Waals surface area contributed by atoms with Crippen molar-refractivity contribution in [1.82, 2.24) is 29.9 Å². The van der Waals surface area contributed by atoms with E-state index in [4.69, 9.17) is 65.7 Å². The number of fused-ring (bicyclic) bond motifs is 6. The molecule has 2 aromatic heterocycles. The number of rotatable bonds is 25. The third-order valence-electron chi connectivity index (χ3n) is 16.4. The van der Waals surface area contributed by atoms with E-state index >= 15 is 0 Å². The number of hydrogen-bond acceptors (Lipinski definition) is 25. The molecule has 30 heteroatoms. The van der Waals surface area contributed by atoms with Gasteiger partial charge in [0, 0.05) is 47.4 Å². The second-order valence-corrected chi connectivity index (χ2v) is 28.0. The molecule has 552 valence electrons. The summed E-state index contributed by atoms with van der Waals surface area (Å²) in [5.41, 5.74) is 30.9. The van der Waals surface area contributed by atoms with Gasteiger partial charge in [-0.05, 0) is 128 Å². The Kier molecular flexibility index (Phi) is 30.3. The number of alkyl halides is 1. The molecule has 0 fully saturated rings. The third-order valence-corrected chi connectivity index (χ3v) is 20.2. The number of benzene rings is 8. The topological polar surface area (TPSA) is 388 Å². The van der Waals surface area contributed by atoms with Crippen LogP contribution in [0.15, 0.2) is 213 Å². The summed E-state index contributed by atoms with van der Waals surface area (Å²) >= 11 is 1.67. The second-order valence-electron chi connectivity index (χ2n) is 24.2. The summed E-state index contributed by atoms with van der Waals surface area (Å²) < 4.78 is 93.2. The fourth-order valence-electron chi connectivity index (χ4n) is 10.7. The number of para-hydroxylation sites is 2. The first kappa shape index (κ1) is 81.9. The zero-order valence-corrected chi connectivity index (χ0v) is 62.2. The molecule has 0 spiro atoms. The number of halogens is 1. The van der Waals surface area contributed by atoms with Gasteiger partial charge in [0.15, 0.2) is 11.6 Å². The molecule has 4 radical (unpaired) electrons. The summed E-state index contributed by atoms with van der Waals surface area (Å²) in [6, 6.07) is 59.7. The number of aliphatic hydroxyl groups excluding tert-OH is 2. The molecule has 6 atom stereocenters. The number of aliphatic hydroxyl groups is 2. The summed E-state index contributed by atoms with van der Waals surface area (Å²) in [7, 11) is -8.46. The zero-order chi connectivity index (χ0) is 77.3. The maximum atomic E-state index is 13.8. The summed E-state index contributed by atoms with van der Waals surface area (Å²) in [4.78, 5) is 48.6. The molecule has 4 heterocycles. The van der Waals surface area contributed by atoms with Crippen LogP contribution < -0.4 is 52.1 Å². The predicted molar refractivity (Wildman–Crippen MR) is 413 cm³/mol. The minimum atomic E-state index is -3.79. The second kappa shape index (κ2) is 39.5. The summed E-state index contributed by atoms with van der Waals surface area (Å²) in [6.45, 7) is 14.2. The molecule has 0 saturated carbocycles. The van der Waals surface area contributed by atoms with Crippen LogP contribution in [-0.2, 0) is 50.5 Å². The van der Waals surface area contributed by atoms with Crippen molar-refractivity contribution in [2.24, 2.45) is 5.41 Å². The van der Waals surface area contributed by atoms with Gasteiger partial charge in [-0.1, -0.05) is 154 Å². The van der Waals surface area contributed by atoms with Gasteiger partial charge in [-0.3, -0.25) is 18.2 Å². The van der Waals surface area contributed by atoms with Crippen LogP contribution >= 0.6 is 15.2 Å². The van der Waals surface area contributed by atoms with Crippen molar-refractivity contribution in [2.75, 3.05) is 56.5 Å². The summed E-state index contributed by atoms with van der Waals surface area (Å²) in [5.74, 6) is 2.49. The fraction of sp³-hybridized carbons (Fsp3) is 0.221. The Labute approximate surface area is 631 Å². The van der Waals surface area contributed by atoms with E-state index in [1.807, 2.05) is 166 Å². The predicted octanol–water partition coefficient (Wildman–Crippen LogP) is 12.8. The Morgan fingerprint density at radius 1 is 0.598 bits per heavy atom. The normalized spacial score (nSPS) is 15.4. The molecule has 25 nitrogen and oxygen atoms in total. The van der Waals surface area contributed by atoms with Gasteiger partial charge < -0.3 is 61.1 Å². The Morgan fingerprint density at radius 2 is 0.972 bits per heavy atom. The van der Waals surface area contributed by atoms with E-state index in [0.29, 0.717) is 65.6 Å². The minimum absolute atomic E-state index is 0. The van der Waals surface area contributed by atoms with Crippen LogP contribution in [0.4, 0.5) is 28.2 Å². The Balaban J connectivity index is 0.000000242. The molecule has 10 aromatic rings. The fourth-order valence-corrected chi connectivity index (χ4v) is 14.4. The van der Waals surface area contributed by atoms with Gasteiger partial charge in [-0.2, -0.15) is 29.9 Å². The number of hydrogen-bond donors (Lipinski definition) is 7. The molecule has 11 N–H and O–H groups in total. The third kappa shape index (κ3) is 22.6. The number of carbonyl (C=O) groups is 2. The number of anilines is 4. The quantitative estimate of drug-likeness (QED) is 0.0121. The first-order valence-electron chi connectivity index (χ1n) is 33.7. The number of aromatic nitrogens is 6. The van der Waals surface area contributed by atoms with Gasteiger partial charge in [0.25, 0.3) is 0 Å². The van der Waals surface area contributed by atoms with Crippen LogP contribution in [-0.4, -0.2) is 122 Å². The molecule has 0 aliphatic carbocycles. The van der Waals surface area contributed by atoms with Gasteiger partial charge in [-0.15, -0.1) is 0 Å². The average molecular weight is 1510 g/mol. The molecule has 2 aliphatic rings. The van der Waals surface area contributed by atoms with Crippen molar-refractivity contribution in [3.8, 4) is 68.0 Å². The number of esters is 2. The Hall–Kier alpha value is -10.8. The first-order valence-corrected chi connectivity index (χ1v) is 36.7. The van der Waals surface area contributed by atoms with Crippen LogP contribution in [0.2, 0.25) is 0 Å². The van der Waals surface area contributed by atoms with E-state index in [1.54, 1.807) is 64.6 Å². The molecule has 6 unspecified atom stereocenters. The van der Waals surface area contributed by atoms with E-state index in [0.717, 1.165) is 61.4 Å². The summed E-state index contributed by atoms with van der Waals surface area (Å²) in [6.07, 6.45) is 0.541. The Bertz CT molecular complexity index is 4740. The van der Waals surface area contributed by atoms with Crippen molar-refractivity contribution in [2.45, 2.75) is 71.9 Å². The maximum absolute atomic E-state index is 13.8. The van der Waals surface area contributed by atoms with Crippen LogP contribution in [0.25, 0.3) is 51.1 Å². The number of nitrogens with zero attached hydrogens (tertiary/aromatic N) is 6. The molecule has 2 aliphatic heterocycles. The average Bonchev–Trinajstić information content (AvgIpc) is 0.757. The van der Waals surface area contributed by atoms with Crippen molar-refractivity contribution in [1.29, 1.82) is 4.35 Å². The van der Waals surface area contributed by atoms with Gasteiger partial charge in [-0.25, -0.2) is 13.9 Å². The van der Waals surface area contributed by atoms with E-state index in [-0.39, 0.29) is 70.1 Å². The molecule has 12 rings (SSSR count). The van der Waals surface area contributed by atoms with Crippen molar-refractivity contribution in [3.05, 3.63) is 235 Å². The number of nitrogen functional groups attached to an aromatic ring is 4. The van der Waals surface area contributed by atoms with Gasteiger partial charge in [0.05, 0.1) is 37.8 Å². The standard InChI is InChI=1S/C39H42N5O7P.C19H19O6P.C18H17N5O.CH3F.Al.B.HN/c1-4-39(3,36(46)49-23-29(45)24-50-52(47)34-12-8-6-10-32(34)31-9-5-7-11-33(31)51-52)21-25(2)27-15-13-26(14-16-27)22-48-30-19-17-28(18-20-30)35-42-37(40)44-38(41)43-35;1-13(2)19(21)23-11-14(20)12-24-26(22)18-10-6-4-8-16(18)15-7-3-5-9-17(15)25-26;1-2-12-3-5-13(6-4-12)11-24-15-9-7-14(8-10-15)16-21-17(19)23-18(20)22-16;1-2;;;/h5-20,25,29,45H,4,21-24H2,1-3H3,(H4,40,41,42,43,44);3-10,14,20H,1,11-12H2,2H3;2-10H,1,11H2,(H4,19,20,21,22,23);1H3;;;1H/i;;;1D;;;. The van der Waals surface area contributed by atoms with Crippen LogP contribution in [0.1, 0.15) is 70.1 Å². The molecule has 0 saturated heterocycles. The van der Waals surface area contributed by atoms with Gasteiger partial charge in [0.1, 0.15) is 61.6 Å². The number of ether oxygens (including phenoxy) is 4. The molecule has 0 bridgehead atoms. The number of nitrogens with one attached hydrogen (secondary N) is 1. The van der Waals surface area contributed by atoms with Crippen LogP contribution in [0, 0.1) is 9.76 Å². The van der Waals surface area contributed by atoms with E-state index < -0.39 is 51.9 Å². The SMILES string of the molecule is C=C(C)C(=O)OCC(O)COP1(=O)Oc2ccccc2-c2ccccc21.C=Cc1ccc(COc2ccc(-c3nc(N)nc(N)n3)cc2)cc1.CCC(C)(CC(C)c1ccc(COc2ccc(-c3nc(N)nc(N)n3)cc2)cc1)C(=O)OCC(O)COP1(=O)Oc2ccccc2-c2ccccc21.[2H]CF.[B].[NH]=[Al]. The van der Waals surface area contributed by atoms with Crippen LogP contribution in [0.5, 0.6) is 23.0 Å². The first-order chi connectivity index (χ1) is 51.4. The van der Waals surface area contributed by atoms with Crippen LogP contribution in [0.3, 0.4) is 0 Å². The number of nitrogens with two attached hydrogens (primary N) is 4. The number of carbonyl (C=O) groups excluding carboxylic acids is 2. The van der Waals surface area contributed by atoms with Gasteiger partial charge >= 0.3 is 47.6 Å². The van der Waals surface area contributed by atoms with Gasteiger partial charge in [0.2, 0.25) is 23.8 Å². The van der Waals surface area contributed by atoms with E-state index in [2.05, 4.69) is 50.0 Å². The van der Waals surface area contributed by atoms with E-state index in [1.165, 1.54) is 6.92 Å². The zero-order valence-electron chi connectivity index (χ0n) is 60.3. The van der Waals surface area contributed by atoms with Crippen molar-refractivity contribution < 1.29 is 71.7 Å². The molecule has 0 amide bonds. The molecule has 8 aromatic carbocycles. The van der Waals surface area contributed by atoms with E-state index in [9.17, 15) is 33.3 Å². The Morgan fingerprint density at radius 3 is 1.36 bits per heavy atom. The van der Waals surface area contributed by atoms with Crippen molar-refractivity contribution >= 4 is 92.1 Å².